The largest absolute Gasteiger partial charge is 0.481 e. The van der Waals surface area contributed by atoms with Crippen molar-refractivity contribution in [2.45, 2.75) is 45.1 Å². The number of pyridine rings is 1. The molecule has 12 heteroatoms. The van der Waals surface area contributed by atoms with Crippen LogP contribution in [0.5, 0.6) is 11.5 Å². The number of carboxylic acid groups (broad SMARTS) is 1. The van der Waals surface area contributed by atoms with Crippen LogP contribution in [0.2, 0.25) is 0 Å². The molecule has 5 aromatic rings. The van der Waals surface area contributed by atoms with E-state index in [1.54, 1.807) is 10.8 Å². The van der Waals surface area contributed by atoms with E-state index in [0.29, 0.717) is 5.75 Å². The summed E-state index contributed by atoms with van der Waals surface area (Å²) in [5.74, 6) is 1.38. The zero-order chi connectivity index (χ0) is 30.3. The van der Waals surface area contributed by atoms with Crippen LogP contribution < -0.4 is 15.4 Å². The number of nitrogens with zero attached hydrogens (tertiary/aromatic N) is 6. The molecule has 0 spiro atoms. The van der Waals surface area contributed by atoms with Crippen molar-refractivity contribution in [3.8, 4) is 11.5 Å². The molecule has 1 aromatic carbocycles. The van der Waals surface area contributed by atoms with Crippen LogP contribution >= 0.6 is 0 Å². The third-order valence-corrected chi connectivity index (χ3v) is 6.95. The Bertz CT molecular complexity index is 1800. The summed E-state index contributed by atoms with van der Waals surface area (Å²) >= 11 is 0. The lowest BCUT2D eigenvalue weighted by atomic mass is 9.91. The monoisotopic (exact) mass is 580 g/mol. The minimum absolute atomic E-state index is 0.0379. The molecule has 1 aliphatic rings. The number of carbonyl (C=O) groups is 2. The Hall–Kier alpha value is -5.52. The van der Waals surface area contributed by atoms with Gasteiger partial charge >= 0.3 is 0 Å². The van der Waals surface area contributed by atoms with Gasteiger partial charge in [-0.2, -0.15) is 10.2 Å². The average Bonchev–Trinajstić information content (AvgIpc) is 3.57. The summed E-state index contributed by atoms with van der Waals surface area (Å²) in [5, 5.41) is 22.5. The number of carbonyl (C=O) groups excluding carboxylic acids is 1. The van der Waals surface area contributed by atoms with Gasteiger partial charge in [0.05, 0.1) is 0 Å². The fraction of sp³-hybridized carbons (Fsp3) is 0.226. The first-order valence-corrected chi connectivity index (χ1v) is 13.8. The molecule has 0 saturated heterocycles. The lowest BCUT2D eigenvalue weighted by Crippen LogP contribution is -2.34. The number of aryl methyl sites for hydroxylation is 1. The van der Waals surface area contributed by atoms with E-state index in [1.165, 1.54) is 12.4 Å². The predicted octanol–water partition coefficient (Wildman–Crippen LogP) is 5.20. The van der Waals surface area contributed by atoms with Gasteiger partial charge in [0.1, 0.15) is 29.7 Å². The van der Waals surface area contributed by atoms with Gasteiger partial charge in [-0.1, -0.05) is 18.7 Å². The van der Waals surface area contributed by atoms with Gasteiger partial charge in [-0.05, 0) is 79.6 Å². The second-order valence-electron chi connectivity index (χ2n) is 10.1. The summed E-state index contributed by atoms with van der Waals surface area (Å²) in [6.07, 6.45) is 15.0. The van der Waals surface area contributed by atoms with Crippen molar-refractivity contribution in [3.05, 3.63) is 97.4 Å². The number of aliphatic carboxylic acids is 1. The van der Waals surface area contributed by atoms with Gasteiger partial charge in [0.2, 0.25) is 5.91 Å². The van der Waals surface area contributed by atoms with Gasteiger partial charge in [0, 0.05) is 37.1 Å². The Balaban J connectivity index is 0.000000868. The average molecular weight is 581 g/mol. The Labute approximate surface area is 247 Å². The van der Waals surface area contributed by atoms with Crippen molar-refractivity contribution in [2.24, 2.45) is 0 Å². The van der Waals surface area contributed by atoms with Crippen LogP contribution in [0, 0.1) is 6.92 Å². The van der Waals surface area contributed by atoms with Crippen molar-refractivity contribution in [3.63, 3.8) is 0 Å². The summed E-state index contributed by atoms with van der Waals surface area (Å²) in [4.78, 5) is 29.7. The van der Waals surface area contributed by atoms with E-state index in [-0.39, 0.29) is 17.9 Å². The number of aromatic nitrogens is 6. The molecule has 4 heterocycles. The lowest BCUT2D eigenvalue weighted by molar-refractivity contribution is -0.134. The predicted molar refractivity (Wildman–Crippen MR) is 162 cm³/mol. The quantitative estimate of drug-likeness (QED) is 0.174. The molecule has 0 fully saturated rings. The summed E-state index contributed by atoms with van der Waals surface area (Å²) in [7, 11) is 0. The summed E-state index contributed by atoms with van der Waals surface area (Å²) in [6, 6.07) is 11.8. The third-order valence-electron chi connectivity index (χ3n) is 6.95. The van der Waals surface area contributed by atoms with Crippen LogP contribution in [-0.4, -0.2) is 52.2 Å². The molecule has 2 atom stereocenters. The molecule has 6 rings (SSSR count). The van der Waals surface area contributed by atoms with Gasteiger partial charge in [-0.25, -0.2) is 19.0 Å². The molecular weight excluding hydrogens is 548 g/mol. The van der Waals surface area contributed by atoms with E-state index in [4.69, 9.17) is 14.6 Å². The molecule has 1 aliphatic carbocycles. The van der Waals surface area contributed by atoms with Crippen molar-refractivity contribution in [1.82, 2.24) is 34.5 Å². The number of rotatable bonds is 7. The Morgan fingerprint density at radius 1 is 1.05 bits per heavy atom. The van der Waals surface area contributed by atoms with Gasteiger partial charge in [0.25, 0.3) is 5.97 Å². The second kappa shape index (κ2) is 13.0. The number of hydrogen-bond donors (Lipinski definition) is 3. The first-order chi connectivity index (χ1) is 20.8. The fourth-order valence-electron chi connectivity index (χ4n) is 5.05. The number of fused-ring (bicyclic) bond motifs is 2. The van der Waals surface area contributed by atoms with Crippen LogP contribution in [0.25, 0.3) is 11.2 Å². The molecule has 3 N–H and O–H groups in total. The number of allylic oxidation sites excluding steroid dienone is 1. The summed E-state index contributed by atoms with van der Waals surface area (Å²) in [5.41, 5.74) is 4.64. The molecule has 0 aliphatic heterocycles. The molecule has 0 radical (unpaired) electrons. The highest BCUT2D eigenvalue weighted by molar-refractivity contribution is 5.87. The Morgan fingerprint density at radius 3 is 2.58 bits per heavy atom. The zero-order valence-corrected chi connectivity index (χ0v) is 23.8. The highest BCUT2D eigenvalue weighted by Gasteiger charge is 2.24. The standard InChI is InChI=1S/C29H28N8O2.C2H4O2/c1-3-27(38)34-21-7-5-4-6-20(15-21)24-11-13-37-28(24)29(31-18-33-37)35-22-8-9-25(19(2)14-22)39-23-10-12-36-26(16-23)30-17-32-36;1-2(3)4/h3-5,8-14,16-18,20-21H,1,6-7,15H2,2H3,(H,34,38)(H,31,33,35);1H3,(H,3,4). The number of ether oxygens (including phenoxy) is 1. The summed E-state index contributed by atoms with van der Waals surface area (Å²) in [6.45, 7) is 6.67. The maximum atomic E-state index is 11.9. The van der Waals surface area contributed by atoms with E-state index in [0.717, 1.165) is 65.7 Å². The van der Waals surface area contributed by atoms with Gasteiger partial charge in [-0.3, -0.25) is 9.59 Å². The number of carboxylic acids is 1. The van der Waals surface area contributed by atoms with Crippen LogP contribution in [0.3, 0.4) is 0 Å². The van der Waals surface area contributed by atoms with E-state index in [9.17, 15) is 4.79 Å². The molecule has 220 valence electrons. The Kier molecular flexibility index (Phi) is 8.75. The van der Waals surface area contributed by atoms with E-state index >= 15 is 0 Å². The second-order valence-corrected chi connectivity index (χ2v) is 10.1. The Morgan fingerprint density at radius 2 is 1.79 bits per heavy atom. The highest BCUT2D eigenvalue weighted by atomic mass is 16.5. The number of nitrogens with one attached hydrogen (secondary N) is 2. The SMILES string of the molecule is C=CC(=O)NC1CC=CCC(c2ccn3ncnc(Nc4ccc(Oc5ccn6ncnc6c5)c(C)c4)c23)C1.CC(=O)O. The van der Waals surface area contributed by atoms with E-state index in [2.05, 4.69) is 55.6 Å². The number of benzene rings is 1. The smallest absolute Gasteiger partial charge is 0.300 e. The normalized spacial score (nSPS) is 16.1. The molecule has 4 aromatic heterocycles. The molecule has 0 bridgehead atoms. The lowest BCUT2D eigenvalue weighted by Gasteiger charge is -2.21. The van der Waals surface area contributed by atoms with Crippen molar-refractivity contribution in [2.75, 3.05) is 5.32 Å². The van der Waals surface area contributed by atoms with Crippen LogP contribution in [0.1, 0.15) is 43.2 Å². The number of anilines is 2. The van der Waals surface area contributed by atoms with Crippen molar-refractivity contribution >= 4 is 34.5 Å². The third kappa shape index (κ3) is 7.04. The van der Waals surface area contributed by atoms with Gasteiger partial charge in [0.15, 0.2) is 11.5 Å². The topological polar surface area (TPSA) is 148 Å². The maximum absolute atomic E-state index is 11.9. The first kappa shape index (κ1) is 29.0. The molecule has 1 amide bonds. The molecule has 0 saturated carbocycles. The van der Waals surface area contributed by atoms with Gasteiger partial charge < -0.3 is 20.5 Å². The van der Waals surface area contributed by atoms with Crippen LogP contribution in [0.4, 0.5) is 11.5 Å². The highest BCUT2D eigenvalue weighted by Crippen LogP contribution is 2.36. The molecular formula is C31H32N8O4. The number of amides is 1. The van der Waals surface area contributed by atoms with Crippen LogP contribution in [-0.2, 0) is 9.59 Å². The first-order valence-electron chi connectivity index (χ1n) is 13.8. The summed E-state index contributed by atoms with van der Waals surface area (Å²) < 4.78 is 9.66. The molecule has 12 nitrogen and oxygen atoms in total. The fourth-order valence-corrected chi connectivity index (χ4v) is 5.05. The van der Waals surface area contributed by atoms with E-state index in [1.807, 2.05) is 54.2 Å². The van der Waals surface area contributed by atoms with Gasteiger partial charge in [-0.15, -0.1) is 0 Å². The van der Waals surface area contributed by atoms with Crippen molar-refractivity contribution in [1.29, 1.82) is 0 Å². The number of hydrogen-bond acceptors (Lipinski definition) is 8. The minimum atomic E-state index is -0.833. The minimum Gasteiger partial charge on any atom is -0.481 e. The maximum Gasteiger partial charge on any atom is 0.300 e. The van der Waals surface area contributed by atoms with Crippen LogP contribution in [0.15, 0.2) is 86.3 Å². The van der Waals surface area contributed by atoms with Crippen molar-refractivity contribution < 1.29 is 19.4 Å². The molecule has 2 unspecified atom stereocenters. The van der Waals surface area contributed by atoms with E-state index < -0.39 is 5.97 Å². The zero-order valence-electron chi connectivity index (χ0n) is 23.8. The molecule has 43 heavy (non-hydrogen) atoms.